The summed E-state index contributed by atoms with van der Waals surface area (Å²) in [7, 11) is 0. The largest absolute Gasteiger partial charge is 0.491 e. The molecule has 0 saturated heterocycles. The predicted molar refractivity (Wildman–Crippen MR) is 106 cm³/mol. The zero-order valence-electron chi connectivity index (χ0n) is 16.2. The number of ether oxygens (including phenoxy) is 2. The van der Waals surface area contributed by atoms with Crippen LogP contribution in [0.3, 0.4) is 0 Å². The first-order valence-electron chi connectivity index (χ1n) is 9.17. The minimum absolute atomic E-state index is 0.119. The Kier molecular flexibility index (Phi) is 5.79. The van der Waals surface area contributed by atoms with Crippen LogP contribution in [0.5, 0.6) is 5.75 Å². The predicted octanol–water partition coefficient (Wildman–Crippen LogP) is 5.22. The number of carbonyl (C=O) groups excluding carboxylic acids is 1. The SMILES string of the molecule is CC(C)(C)OC(=O)NCC1(COc2cnc(F)c(-c3ccc(Cl)cc3)c2)CC1. The standard InChI is InChI=1S/C21H24ClFN2O3/c1-20(2,3)28-19(26)25-12-21(8-9-21)13-27-16-10-17(18(23)24-11-16)14-4-6-15(22)7-5-14/h4-7,10-11H,8-9,12-13H2,1-3H3,(H,25,26). The second kappa shape index (κ2) is 7.95. The fourth-order valence-electron chi connectivity index (χ4n) is 2.70. The highest BCUT2D eigenvalue weighted by molar-refractivity contribution is 6.30. The highest BCUT2D eigenvalue weighted by Gasteiger charge is 2.44. The molecule has 0 spiro atoms. The van der Waals surface area contributed by atoms with Gasteiger partial charge in [0.1, 0.15) is 11.4 Å². The molecule has 28 heavy (non-hydrogen) atoms. The van der Waals surface area contributed by atoms with Crippen molar-refractivity contribution in [1.29, 1.82) is 0 Å². The first-order valence-corrected chi connectivity index (χ1v) is 9.55. The Hall–Kier alpha value is -2.34. The summed E-state index contributed by atoms with van der Waals surface area (Å²) in [5.41, 5.74) is 0.374. The molecule has 0 radical (unpaired) electrons. The highest BCUT2D eigenvalue weighted by Crippen LogP contribution is 2.45. The maximum atomic E-state index is 14.1. The first-order chi connectivity index (χ1) is 13.2. The first kappa shape index (κ1) is 20.4. The van der Waals surface area contributed by atoms with E-state index in [1.165, 1.54) is 6.20 Å². The van der Waals surface area contributed by atoms with E-state index < -0.39 is 17.6 Å². The number of amides is 1. The molecule has 1 amide bonds. The van der Waals surface area contributed by atoms with Gasteiger partial charge < -0.3 is 14.8 Å². The van der Waals surface area contributed by atoms with Gasteiger partial charge in [-0.05, 0) is 57.4 Å². The van der Waals surface area contributed by atoms with Crippen LogP contribution in [0.1, 0.15) is 33.6 Å². The average Bonchev–Trinajstić information content (AvgIpc) is 3.39. The van der Waals surface area contributed by atoms with Gasteiger partial charge in [-0.25, -0.2) is 9.78 Å². The molecule has 2 aromatic rings. The number of rotatable bonds is 6. The molecule has 1 aliphatic rings. The van der Waals surface area contributed by atoms with Crippen LogP contribution in [0.4, 0.5) is 9.18 Å². The van der Waals surface area contributed by atoms with E-state index >= 15 is 0 Å². The topological polar surface area (TPSA) is 60.5 Å². The van der Waals surface area contributed by atoms with Crippen LogP contribution >= 0.6 is 11.6 Å². The van der Waals surface area contributed by atoms with E-state index in [1.807, 2.05) is 20.8 Å². The number of nitrogens with one attached hydrogen (secondary N) is 1. The van der Waals surface area contributed by atoms with Crippen LogP contribution in [-0.2, 0) is 4.74 Å². The van der Waals surface area contributed by atoms with Gasteiger partial charge in [0.25, 0.3) is 0 Å². The Morgan fingerprint density at radius 2 is 1.96 bits per heavy atom. The molecule has 0 aliphatic heterocycles. The van der Waals surface area contributed by atoms with Gasteiger partial charge in [-0.15, -0.1) is 0 Å². The number of halogens is 2. The van der Waals surface area contributed by atoms with E-state index in [-0.39, 0.29) is 5.41 Å². The molecule has 1 aromatic heterocycles. The number of carbonyl (C=O) groups is 1. The zero-order chi connectivity index (χ0) is 20.4. The molecular weight excluding hydrogens is 383 g/mol. The number of alkyl carbamates (subject to hydrolysis) is 1. The molecule has 1 heterocycles. The average molecular weight is 407 g/mol. The van der Waals surface area contributed by atoms with Gasteiger partial charge in [0.15, 0.2) is 0 Å². The van der Waals surface area contributed by atoms with Gasteiger partial charge in [-0.3, -0.25) is 0 Å². The van der Waals surface area contributed by atoms with E-state index in [9.17, 15) is 9.18 Å². The lowest BCUT2D eigenvalue weighted by Gasteiger charge is -2.22. The van der Waals surface area contributed by atoms with Crippen molar-refractivity contribution in [3.05, 3.63) is 47.5 Å². The minimum Gasteiger partial charge on any atom is -0.491 e. The van der Waals surface area contributed by atoms with Gasteiger partial charge in [0, 0.05) is 22.5 Å². The fourth-order valence-corrected chi connectivity index (χ4v) is 2.82. The van der Waals surface area contributed by atoms with E-state index in [4.69, 9.17) is 21.1 Å². The van der Waals surface area contributed by atoms with Crippen LogP contribution < -0.4 is 10.1 Å². The number of benzene rings is 1. The lowest BCUT2D eigenvalue weighted by molar-refractivity contribution is 0.0509. The van der Waals surface area contributed by atoms with Gasteiger partial charge in [0.05, 0.1) is 12.8 Å². The van der Waals surface area contributed by atoms with Crippen LogP contribution in [0.15, 0.2) is 36.5 Å². The van der Waals surface area contributed by atoms with Crippen molar-refractivity contribution < 1.29 is 18.7 Å². The molecule has 0 unspecified atom stereocenters. The second-order valence-corrected chi connectivity index (χ2v) is 8.60. The maximum absolute atomic E-state index is 14.1. The Labute approximate surface area is 169 Å². The minimum atomic E-state index is -0.567. The zero-order valence-corrected chi connectivity index (χ0v) is 17.0. The second-order valence-electron chi connectivity index (χ2n) is 8.16. The van der Waals surface area contributed by atoms with Crippen molar-refractivity contribution in [3.8, 4) is 16.9 Å². The lowest BCUT2D eigenvalue weighted by atomic mass is 10.1. The van der Waals surface area contributed by atoms with Crippen molar-refractivity contribution in [2.45, 2.75) is 39.2 Å². The van der Waals surface area contributed by atoms with Crippen molar-refractivity contribution in [3.63, 3.8) is 0 Å². The normalized spacial score (nSPS) is 15.0. The van der Waals surface area contributed by atoms with Crippen molar-refractivity contribution in [1.82, 2.24) is 10.3 Å². The number of nitrogens with zero attached hydrogens (tertiary/aromatic N) is 1. The third-order valence-electron chi connectivity index (χ3n) is 4.48. The summed E-state index contributed by atoms with van der Waals surface area (Å²) in [5.74, 6) is -0.0858. The Morgan fingerprint density at radius 3 is 2.57 bits per heavy atom. The van der Waals surface area contributed by atoms with Crippen LogP contribution in [0.25, 0.3) is 11.1 Å². The lowest BCUT2D eigenvalue weighted by Crippen LogP contribution is -2.37. The Morgan fingerprint density at radius 1 is 1.29 bits per heavy atom. The molecule has 3 rings (SSSR count). The summed E-state index contributed by atoms with van der Waals surface area (Å²) in [5, 5.41) is 3.38. The summed E-state index contributed by atoms with van der Waals surface area (Å²) < 4.78 is 25.2. The number of pyridine rings is 1. The van der Waals surface area contributed by atoms with E-state index in [0.29, 0.717) is 35.1 Å². The van der Waals surface area contributed by atoms with E-state index in [0.717, 1.165) is 12.8 Å². The molecule has 1 aliphatic carbocycles. The third kappa shape index (κ3) is 5.58. The Bertz CT molecular complexity index is 846. The number of hydrogen-bond donors (Lipinski definition) is 1. The van der Waals surface area contributed by atoms with Crippen molar-refractivity contribution in [2.24, 2.45) is 5.41 Å². The van der Waals surface area contributed by atoms with Gasteiger partial charge in [-0.2, -0.15) is 4.39 Å². The molecule has 1 saturated carbocycles. The molecule has 5 nitrogen and oxygen atoms in total. The third-order valence-corrected chi connectivity index (χ3v) is 4.73. The van der Waals surface area contributed by atoms with Gasteiger partial charge in [0.2, 0.25) is 5.95 Å². The van der Waals surface area contributed by atoms with Crippen molar-refractivity contribution in [2.75, 3.05) is 13.2 Å². The quantitative estimate of drug-likeness (QED) is 0.667. The molecule has 1 N–H and O–H groups in total. The summed E-state index contributed by atoms with van der Waals surface area (Å²) in [6.07, 6.45) is 2.82. The summed E-state index contributed by atoms with van der Waals surface area (Å²) in [6.45, 7) is 6.35. The number of aromatic nitrogens is 1. The monoisotopic (exact) mass is 406 g/mol. The number of hydrogen-bond acceptors (Lipinski definition) is 4. The molecule has 150 valence electrons. The smallest absolute Gasteiger partial charge is 0.407 e. The van der Waals surface area contributed by atoms with Gasteiger partial charge in [-0.1, -0.05) is 23.7 Å². The molecule has 0 bridgehead atoms. The van der Waals surface area contributed by atoms with Crippen LogP contribution in [0.2, 0.25) is 5.02 Å². The van der Waals surface area contributed by atoms with E-state index in [1.54, 1.807) is 30.3 Å². The summed E-state index contributed by atoms with van der Waals surface area (Å²) in [6, 6.07) is 8.50. The maximum Gasteiger partial charge on any atom is 0.407 e. The van der Waals surface area contributed by atoms with Gasteiger partial charge >= 0.3 is 6.09 Å². The van der Waals surface area contributed by atoms with Crippen molar-refractivity contribution >= 4 is 17.7 Å². The Balaban J connectivity index is 1.59. The molecule has 1 aromatic carbocycles. The van der Waals surface area contributed by atoms with E-state index in [2.05, 4.69) is 10.3 Å². The van der Waals surface area contributed by atoms with Crippen LogP contribution in [0, 0.1) is 11.4 Å². The molecule has 7 heteroatoms. The highest BCUT2D eigenvalue weighted by atomic mass is 35.5. The molecule has 1 fully saturated rings. The summed E-state index contributed by atoms with van der Waals surface area (Å²) in [4.78, 5) is 15.6. The fraction of sp³-hybridized carbons (Fsp3) is 0.429. The molecule has 0 atom stereocenters. The van der Waals surface area contributed by atoms with Crippen LogP contribution in [-0.4, -0.2) is 29.8 Å². The molecular formula is C21H24ClFN2O3. The summed E-state index contributed by atoms with van der Waals surface area (Å²) >= 11 is 5.89.